The smallest absolute Gasteiger partial charge is 0.299 e. The second-order valence-electron chi connectivity index (χ2n) is 4.85. The normalized spacial score (nSPS) is 17.4. The first-order valence-corrected chi connectivity index (χ1v) is 6.92. The molecule has 1 unspecified atom stereocenters. The molecule has 21 heavy (non-hydrogen) atoms. The number of amides is 1. The van der Waals surface area contributed by atoms with E-state index in [2.05, 4.69) is 22.0 Å². The van der Waals surface area contributed by atoms with Gasteiger partial charge in [0.25, 0.3) is 5.91 Å². The van der Waals surface area contributed by atoms with Crippen LogP contribution in [-0.2, 0) is 4.79 Å². The van der Waals surface area contributed by atoms with E-state index in [0.29, 0.717) is 18.3 Å². The zero-order valence-electron chi connectivity index (χ0n) is 11.7. The zero-order valence-corrected chi connectivity index (χ0v) is 11.7. The van der Waals surface area contributed by atoms with Gasteiger partial charge in [0.05, 0.1) is 0 Å². The molecule has 1 aromatic heterocycles. The van der Waals surface area contributed by atoms with Gasteiger partial charge in [0.15, 0.2) is 0 Å². The molecule has 0 saturated carbocycles. The molecule has 0 spiro atoms. The van der Waals surface area contributed by atoms with Gasteiger partial charge >= 0.3 is 0 Å². The van der Waals surface area contributed by atoms with Crippen molar-refractivity contribution < 1.29 is 9.32 Å². The molecule has 5 nitrogen and oxygen atoms in total. The monoisotopic (exact) mass is 281 g/mol. The highest BCUT2D eigenvalue weighted by Crippen LogP contribution is 2.31. The second kappa shape index (κ2) is 5.80. The first-order valence-electron chi connectivity index (χ1n) is 6.92. The maximum absolute atomic E-state index is 12.0. The van der Waals surface area contributed by atoms with Crippen LogP contribution in [0.1, 0.15) is 31.7 Å². The van der Waals surface area contributed by atoms with Crippen molar-refractivity contribution in [2.75, 3.05) is 6.54 Å². The topological polar surface area (TPSA) is 59.2 Å². The third-order valence-electron chi connectivity index (χ3n) is 3.50. The lowest BCUT2D eigenvalue weighted by Crippen LogP contribution is -2.29. The van der Waals surface area contributed by atoms with Crippen LogP contribution >= 0.6 is 0 Å². The average molecular weight is 281 g/mol. The van der Waals surface area contributed by atoms with Crippen LogP contribution in [0.5, 0.6) is 0 Å². The minimum Gasteiger partial charge on any atom is -0.337 e. The van der Waals surface area contributed by atoms with Crippen LogP contribution in [-0.4, -0.2) is 27.5 Å². The molecule has 5 heteroatoms. The first-order chi connectivity index (χ1) is 10.3. The molecule has 0 aliphatic carbocycles. The van der Waals surface area contributed by atoms with E-state index < -0.39 is 0 Å². The molecule has 1 aliphatic heterocycles. The van der Waals surface area contributed by atoms with Crippen molar-refractivity contribution in [1.82, 2.24) is 15.0 Å². The number of carbonyl (C=O) groups excluding carboxylic acids is 1. The maximum atomic E-state index is 12.0. The number of carbonyl (C=O) groups is 1. The highest BCUT2D eigenvalue weighted by Gasteiger charge is 2.33. The molecule has 0 radical (unpaired) electrons. The van der Waals surface area contributed by atoms with E-state index in [0.717, 1.165) is 18.4 Å². The standard InChI is InChI=1S/C16H15N3O2/c1-2-7-14(20)19-11-6-10-13(19)16-17-15(18-21-16)12-8-4-3-5-9-12/h3-5,8-9,13H,6,10-11H2,1H3. The fourth-order valence-corrected chi connectivity index (χ4v) is 2.52. The predicted octanol–water partition coefficient (Wildman–Crippen LogP) is 2.42. The fraction of sp³-hybridized carbons (Fsp3) is 0.312. The molecule has 3 rings (SSSR count). The van der Waals surface area contributed by atoms with Gasteiger partial charge in [0.2, 0.25) is 11.7 Å². The Labute approximate surface area is 123 Å². The number of rotatable bonds is 2. The van der Waals surface area contributed by atoms with Crippen LogP contribution < -0.4 is 0 Å². The molecular weight excluding hydrogens is 266 g/mol. The van der Waals surface area contributed by atoms with E-state index in [4.69, 9.17) is 4.52 Å². The SMILES string of the molecule is CC#CC(=O)N1CCCC1c1nc(-c2ccccc2)no1. The van der Waals surface area contributed by atoms with Crippen molar-refractivity contribution in [3.8, 4) is 23.2 Å². The third kappa shape index (κ3) is 2.65. The minimum absolute atomic E-state index is 0.164. The molecule has 1 atom stereocenters. The number of benzene rings is 1. The van der Waals surface area contributed by atoms with Gasteiger partial charge in [0.1, 0.15) is 6.04 Å². The van der Waals surface area contributed by atoms with Gasteiger partial charge in [-0.25, -0.2) is 0 Å². The van der Waals surface area contributed by atoms with E-state index >= 15 is 0 Å². The highest BCUT2D eigenvalue weighted by molar-refractivity contribution is 5.93. The lowest BCUT2D eigenvalue weighted by molar-refractivity contribution is -0.126. The Hall–Kier alpha value is -2.61. The number of nitrogens with zero attached hydrogens (tertiary/aromatic N) is 3. The van der Waals surface area contributed by atoms with Crippen molar-refractivity contribution in [3.63, 3.8) is 0 Å². The molecule has 1 saturated heterocycles. The summed E-state index contributed by atoms with van der Waals surface area (Å²) >= 11 is 0. The van der Waals surface area contributed by atoms with Gasteiger partial charge in [-0.05, 0) is 25.7 Å². The Bertz CT molecular complexity index is 697. The number of hydrogen-bond donors (Lipinski definition) is 0. The van der Waals surface area contributed by atoms with Crippen molar-refractivity contribution in [2.45, 2.75) is 25.8 Å². The Morgan fingerprint density at radius 1 is 1.38 bits per heavy atom. The lowest BCUT2D eigenvalue weighted by Gasteiger charge is -2.18. The van der Waals surface area contributed by atoms with Crippen molar-refractivity contribution >= 4 is 5.91 Å². The Kier molecular flexibility index (Phi) is 3.69. The van der Waals surface area contributed by atoms with Gasteiger partial charge in [-0.15, -0.1) is 0 Å². The highest BCUT2D eigenvalue weighted by atomic mass is 16.5. The molecular formula is C16H15N3O2. The molecule has 1 aromatic carbocycles. The summed E-state index contributed by atoms with van der Waals surface area (Å²) in [5, 5.41) is 4.01. The Morgan fingerprint density at radius 3 is 2.95 bits per heavy atom. The summed E-state index contributed by atoms with van der Waals surface area (Å²) in [6.07, 6.45) is 1.75. The molecule has 1 amide bonds. The maximum Gasteiger partial charge on any atom is 0.299 e. The molecule has 0 bridgehead atoms. The van der Waals surface area contributed by atoms with Crippen LogP contribution in [0.3, 0.4) is 0 Å². The summed E-state index contributed by atoms with van der Waals surface area (Å²) in [6, 6.07) is 9.47. The van der Waals surface area contributed by atoms with E-state index in [1.165, 1.54) is 0 Å². The Morgan fingerprint density at radius 2 is 2.19 bits per heavy atom. The van der Waals surface area contributed by atoms with Crippen LogP contribution in [0.4, 0.5) is 0 Å². The molecule has 1 fully saturated rings. The number of hydrogen-bond acceptors (Lipinski definition) is 4. The largest absolute Gasteiger partial charge is 0.337 e. The summed E-state index contributed by atoms with van der Waals surface area (Å²) in [5.74, 6) is 6.06. The van der Waals surface area contributed by atoms with Crippen molar-refractivity contribution in [3.05, 3.63) is 36.2 Å². The predicted molar refractivity (Wildman–Crippen MR) is 76.9 cm³/mol. The summed E-state index contributed by atoms with van der Waals surface area (Å²) < 4.78 is 5.36. The molecule has 2 aromatic rings. The molecule has 2 heterocycles. The van der Waals surface area contributed by atoms with E-state index in [9.17, 15) is 4.79 Å². The van der Waals surface area contributed by atoms with E-state index in [-0.39, 0.29) is 11.9 Å². The van der Waals surface area contributed by atoms with Gasteiger partial charge in [0, 0.05) is 12.1 Å². The van der Waals surface area contributed by atoms with Gasteiger partial charge in [-0.1, -0.05) is 41.4 Å². The van der Waals surface area contributed by atoms with Crippen LogP contribution in [0.25, 0.3) is 11.4 Å². The minimum atomic E-state index is -0.181. The van der Waals surface area contributed by atoms with Gasteiger partial charge in [-0.2, -0.15) is 4.98 Å². The van der Waals surface area contributed by atoms with Crippen LogP contribution in [0, 0.1) is 11.8 Å². The van der Waals surface area contributed by atoms with Gasteiger partial charge < -0.3 is 9.42 Å². The summed E-state index contributed by atoms with van der Waals surface area (Å²) in [7, 11) is 0. The van der Waals surface area contributed by atoms with Crippen molar-refractivity contribution in [1.29, 1.82) is 0 Å². The summed E-state index contributed by atoms with van der Waals surface area (Å²) in [4.78, 5) is 18.1. The summed E-state index contributed by atoms with van der Waals surface area (Å²) in [6.45, 7) is 2.34. The Balaban J connectivity index is 1.85. The summed E-state index contributed by atoms with van der Waals surface area (Å²) in [5.41, 5.74) is 0.900. The van der Waals surface area contributed by atoms with Crippen LogP contribution in [0.15, 0.2) is 34.9 Å². The van der Waals surface area contributed by atoms with Crippen molar-refractivity contribution in [2.24, 2.45) is 0 Å². The quantitative estimate of drug-likeness (QED) is 0.793. The molecule has 0 N–H and O–H groups in total. The first kappa shape index (κ1) is 13.4. The average Bonchev–Trinajstić information content (AvgIpc) is 3.17. The third-order valence-corrected chi connectivity index (χ3v) is 3.50. The molecule has 1 aliphatic rings. The number of likely N-dealkylation sites (tertiary alicyclic amines) is 1. The number of aromatic nitrogens is 2. The second-order valence-corrected chi connectivity index (χ2v) is 4.85. The van der Waals surface area contributed by atoms with E-state index in [1.54, 1.807) is 11.8 Å². The molecule has 106 valence electrons. The fourth-order valence-electron chi connectivity index (χ4n) is 2.52. The van der Waals surface area contributed by atoms with E-state index in [1.807, 2.05) is 30.3 Å². The van der Waals surface area contributed by atoms with Crippen LogP contribution in [0.2, 0.25) is 0 Å². The lowest BCUT2D eigenvalue weighted by atomic mass is 10.2. The van der Waals surface area contributed by atoms with Gasteiger partial charge in [-0.3, -0.25) is 4.79 Å². The zero-order chi connectivity index (χ0) is 14.7.